The zero-order valence-corrected chi connectivity index (χ0v) is 25.1. The molecule has 0 radical (unpaired) electrons. The van der Waals surface area contributed by atoms with E-state index in [4.69, 9.17) is 29.4 Å². The number of ether oxygens (including phenoxy) is 5. The average molecular weight is 598 g/mol. The number of aryl methyl sites for hydroxylation is 1. The molecule has 2 aromatic carbocycles. The summed E-state index contributed by atoms with van der Waals surface area (Å²) in [7, 11) is 1.55. The molecule has 1 fully saturated rings. The van der Waals surface area contributed by atoms with Crippen LogP contribution in [-0.2, 0) is 16.0 Å². The van der Waals surface area contributed by atoms with Gasteiger partial charge in [-0.05, 0) is 68.0 Å². The molecule has 43 heavy (non-hydrogen) atoms. The van der Waals surface area contributed by atoms with Crippen LogP contribution < -0.4 is 29.4 Å². The highest BCUT2D eigenvalue weighted by atomic mass is 16.7. The smallest absolute Gasteiger partial charge is 0.308 e. The van der Waals surface area contributed by atoms with E-state index in [0.717, 1.165) is 36.8 Å². The first-order valence-electron chi connectivity index (χ1n) is 15.2. The Balaban J connectivity index is 1.44. The van der Waals surface area contributed by atoms with Gasteiger partial charge in [-0.3, -0.25) is 14.5 Å². The van der Waals surface area contributed by atoms with Gasteiger partial charge in [0.25, 0.3) is 0 Å². The molecule has 3 atom stereocenters. The van der Waals surface area contributed by atoms with E-state index >= 15 is 0 Å². The number of carbonyl (C=O) groups excluding carboxylic acids is 1. The van der Waals surface area contributed by atoms with Crippen molar-refractivity contribution in [2.24, 2.45) is 11.7 Å². The Bertz CT molecular complexity index is 1290. The molecule has 11 heteroatoms. The lowest BCUT2D eigenvalue weighted by molar-refractivity contribution is -0.143. The highest BCUT2D eigenvalue weighted by Gasteiger charge is 2.47. The first kappa shape index (κ1) is 30.7. The Morgan fingerprint density at radius 2 is 1.81 bits per heavy atom. The van der Waals surface area contributed by atoms with Crippen LogP contribution in [0.5, 0.6) is 28.7 Å². The number of carboxylic acid groups (broad SMARTS) is 1. The van der Waals surface area contributed by atoms with Gasteiger partial charge >= 0.3 is 5.97 Å². The van der Waals surface area contributed by atoms with Gasteiger partial charge in [0.2, 0.25) is 25.2 Å². The number of para-hydroxylation sites is 1. The number of methoxy groups -OCH3 is 1. The summed E-state index contributed by atoms with van der Waals surface area (Å²) in [6.45, 7) is 4.82. The lowest BCUT2D eigenvalue weighted by Gasteiger charge is -2.30. The molecule has 3 aliphatic heterocycles. The van der Waals surface area contributed by atoms with Gasteiger partial charge < -0.3 is 39.4 Å². The maximum absolute atomic E-state index is 13.8. The molecule has 1 amide bonds. The van der Waals surface area contributed by atoms with Crippen molar-refractivity contribution in [2.45, 2.75) is 57.4 Å². The van der Waals surface area contributed by atoms with Crippen LogP contribution in [0.2, 0.25) is 0 Å². The molecule has 11 nitrogen and oxygen atoms in total. The lowest BCUT2D eigenvalue weighted by Crippen LogP contribution is -2.45. The molecule has 2 aromatic rings. The molecule has 234 valence electrons. The number of amides is 1. The van der Waals surface area contributed by atoms with Crippen LogP contribution in [0.25, 0.3) is 0 Å². The number of nitrogens with two attached hydrogens (primary N) is 1. The zero-order chi connectivity index (χ0) is 30.3. The third-order valence-corrected chi connectivity index (χ3v) is 8.68. The number of unbranched alkanes of at least 4 members (excludes halogenated alkanes) is 2. The van der Waals surface area contributed by atoms with E-state index in [9.17, 15) is 14.7 Å². The fourth-order valence-corrected chi connectivity index (χ4v) is 6.48. The highest BCUT2D eigenvalue weighted by Crippen LogP contribution is 2.47. The fourth-order valence-electron chi connectivity index (χ4n) is 6.48. The average Bonchev–Trinajstić information content (AvgIpc) is 3.76. The Labute approximate surface area is 252 Å². The van der Waals surface area contributed by atoms with Gasteiger partial charge in [-0.2, -0.15) is 0 Å². The number of nitrogens with zero attached hydrogens (tertiary/aromatic N) is 2. The van der Waals surface area contributed by atoms with Crippen LogP contribution in [0.15, 0.2) is 30.3 Å². The maximum atomic E-state index is 13.8. The van der Waals surface area contributed by atoms with E-state index in [1.807, 2.05) is 35.2 Å². The molecule has 0 unspecified atom stereocenters. The van der Waals surface area contributed by atoms with E-state index in [-0.39, 0.29) is 32.0 Å². The number of carbonyl (C=O) groups is 2. The number of carboxylic acids is 1. The van der Waals surface area contributed by atoms with Crippen molar-refractivity contribution in [3.8, 4) is 28.7 Å². The van der Waals surface area contributed by atoms with Crippen LogP contribution in [0.4, 0.5) is 0 Å². The lowest BCUT2D eigenvalue weighted by atomic mass is 9.83. The summed E-state index contributed by atoms with van der Waals surface area (Å²) in [4.78, 5) is 30.7. The monoisotopic (exact) mass is 597 g/mol. The summed E-state index contributed by atoms with van der Waals surface area (Å²) in [5, 5.41) is 10.6. The maximum Gasteiger partial charge on any atom is 0.308 e. The van der Waals surface area contributed by atoms with Gasteiger partial charge in [0.15, 0.2) is 23.0 Å². The van der Waals surface area contributed by atoms with Crippen LogP contribution in [0, 0.1) is 5.92 Å². The summed E-state index contributed by atoms with van der Waals surface area (Å²) in [6, 6.07) is 9.07. The molecule has 0 bridgehead atoms. The zero-order valence-electron chi connectivity index (χ0n) is 25.1. The second kappa shape index (κ2) is 14.2. The van der Waals surface area contributed by atoms with Gasteiger partial charge in [0.05, 0.1) is 19.6 Å². The fraction of sp³-hybridized carbons (Fsp3) is 0.562. The summed E-state index contributed by atoms with van der Waals surface area (Å²) >= 11 is 0. The number of hydrogen-bond acceptors (Lipinski definition) is 9. The van der Waals surface area contributed by atoms with Crippen molar-refractivity contribution >= 4 is 11.9 Å². The Morgan fingerprint density at radius 1 is 1.05 bits per heavy atom. The quantitative estimate of drug-likeness (QED) is 0.293. The van der Waals surface area contributed by atoms with E-state index < -0.39 is 17.9 Å². The van der Waals surface area contributed by atoms with Gasteiger partial charge in [-0.15, -0.1) is 0 Å². The predicted molar refractivity (Wildman–Crippen MR) is 159 cm³/mol. The summed E-state index contributed by atoms with van der Waals surface area (Å²) < 4.78 is 28.1. The number of hydrogen-bond donors (Lipinski definition) is 2. The van der Waals surface area contributed by atoms with E-state index in [0.29, 0.717) is 67.8 Å². The molecular weight excluding hydrogens is 554 g/mol. The number of likely N-dealkylation sites (tertiary alicyclic amines) is 1. The largest absolute Gasteiger partial charge is 0.493 e. The Morgan fingerprint density at radius 3 is 2.56 bits per heavy atom. The van der Waals surface area contributed by atoms with Gasteiger partial charge in [0.1, 0.15) is 0 Å². The topological polar surface area (TPSA) is 133 Å². The molecule has 3 aliphatic rings. The van der Waals surface area contributed by atoms with Crippen molar-refractivity contribution in [3.05, 3.63) is 41.5 Å². The van der Waals surface area contributed by atoms with Gasteiger partial charge in [-0.1, -0.05) is 25.5 Å². The Kier molecular flexibility index (Phi) is 10.1. The van der Waals surface area contributed by atoms with Crippen molar-refractivity contribution in [1.29, 1.82) is 0 Å². The molecular formula is C32H43N3O8. The molecule has 0 aromatic heterocycles. The second-order valence-electron chi connectivity index (χ2n) is 11.3. The SMILES string of the molecule is CCCCN(CCCCN)C(=O)CN1C[C@H](c2cc(OC)c3c(c2)OCO3)[C@@H](C(=O)O)[C@@H]1CCc1cccc2c1OCO2. The minimum atomic E-state index is -0.898. The van der Waals surface area contributed by atoms with Crippen molar-refractivity contribution in [3.63, 3.8) is 0 Å². The standard InChI is InChI=1S/C32H43N3O8/c1-3-4-13-34(14-6-5-12-33)28(36)18-35-17-23(22-15-26(39-2)31-27(16-22)41-20-43-31)29(32(37)38)24(35)11-10-21-8-7-9-25-30(21)42-19-40-25/h7-9,15-16,23-24,29H,3-6,10-14,17-20,33H2,1-2H3,(H,37,38)/t23-,24+,29-/m1/s1. The van der Waals surface area contributed by atoms with Crippen LogP contribution in [0.3, 0.4) is 0 Å². The summed E-state index contributed by atoms with van der Waals surface area (Å²) in [5.41, 5.74) is 7.47. The van der Waals surface area contributed by atoms with E-state index in [1.54, 1.807) is 7.11 Å². The van der Waals surface area contributed by atoms with Gasteiger partial charge in [0, 0.05) is 31.6 Å². The van der Waals surface area contributed by atoms with Crippen molar-refractivity contribution < 1.29 is 38.4 Å². The predicted octanol–water partition coefficient (Wildman–Crippen LogP) is 3.62. The number of aliphatic carboxylic acids is 1. The molecule has 5 rings (SSSR count). The first-order valence-corrected chi connectivity index (χ1v) is 15.2. The highest BCUT2D eigenvalue weighted by molar-refractivity contribution is 5.79. The third kappa shape index (κ3) is 6.78. The molecule has 3 heterocycles. The third-order valence-electron chi connectivity index (χ3n) is 8.68. The number of fused-ring (bicyclic) bond motifs is 2. The molecule has 0 spiro atoms. The minimum absolute atomic E-state index is 0.0147. The Hall–Kier alpha value is -3.70. The molecule has 1 saturated heterocycles. The van der Waals surface area contributed by atoms with E-state index in [1.165, 1.54) is 0 Å². The van der Waals surface area contributed by atoms with Crippen LogP contribution >= 0.6 is 0 Å². The van der Waals surface area contributed by atoms with Crippen LogP contribution in [0.1, 0.15) is 56.1 Å². The van der Waals surface area contributed by atoms with Gasteiger partial charge in [-0.25, -0.2) is 0 Å². The minimum Gasteiger partial charge on any atom is -0.493 e. The molecule has 3 N–H and O–H groups in total. The van der Waals surface area contributed by atoms with Crippen molar-refractivity contribution in [2.75, 3.05) is 53.4 Å². The van der Waals surface area contributed by atoms with Crippen LogP contribution in [-0.4, -0.2) is 86.2 Å². The summed E-state index contributed by atoms with van der Waals surface area (Å²) in [5.74, 6) is 0.928. The normalized spacial score (nSPS) is 20.4. The van der Waals surface area contributed by atoms with E-state index in [2.05, 4.69) is 11.8 Å². The summed E-state index contributed by atoms with van der Waals surface area (Å²) in [6.07, 6.45) is 4.70. The molecule has 0 aliphatic carbocycles. The first-order chi connectivity index (χ1) is 20.9. The van der Waals surface area contributed by atoms with Crippen molar-refractivity contribution in [1.82, 2.24) is 9.80 Å². The number of rotatable bonds is 15. The second-order valence-corrected chi connectivity index (χ2v) is 11.3. The molecule has 0 saturated carbocycles. The number of benzene rings is 2.